The van der Waals surface area contributed by atoms with Gasteiger partial charge in [0.1, 0.15) is 7.05 Å². The molecule has 0 saturated carbocycles. The number of fused-ring (bicyclic) bond motifs is 1. The van der Waals surface area contributed by atoms with Crippen LogP contribution < -0.4 is 9.47 Å². The Kier molecular flexibility index (Phi) is 3.56. The average molecular weight is 293 g/mol. The van der Waals surface area contributed by atoms with Crippen molar-refractivity contribution in [1.82, 2.24) is 0 Å². The van der Waals surface area contributed by atoms with Crippen LogP contribution in [0.3, 0.4) is 0 Å². The van der Waals surface area contributed by atoms with Gasteiger partial charge in [-0.15, -0.1) is 0 Å². The summed E-state index contributed by atoms with van der Waals surface area (Å²) >= 11 is 0. The van der Waals surface area contributed by atoms with Crippen molar-refractivity contribution < 1.29 is 4.57 Å². The number of nitrogens with zero attached hydrogens (tertiary/aromatic N) is 2. The van der Waals surface area contributed by atoms with E-state index in [4.69, 9.17) is 0 Å². The third kappa shape index (κ3) is 2.43. The molecule has 1 aliphatic heterocycles. The minimum Gasteiger partial charge on any atom is -0.371 e. The lowest BCUT2D eigenvalue weighted by atomic mass is 9.81. The highest BCUT2D eigenvalue weighted by Crippen LogP contribution is 2.44. The number of aromatic nitrogens is 1. The Labute approximate surface area is 133 Å². The molecule has 2 heterocycles. The van der Waals surface area contributed by atoms with E-state index in [-0.39, 0.29) is 5.41 Å². The lowest BCUT2D eigenvalue weighted by Crippen LogP contribution is -2.36. The minimum absolute atomic E-state index is 0.189. The quantitative estimate of drug-likeness (QED) is 0.764. The van der Waals surface area contributed by atoms with Crippen molar-refractivity contribution in [1.29, 1.82) is 0 Å². The number of likely N-dealkylation sites (N-methyl/N-ethyl adjacent to an activating group) is 1. The van der Waals surface area contributed by atoms with Gasteiger partial charge in [-0.25, -0.2) is 4.57 Å². The summed E-state index contributed by atoms with van der Waals surface area (Å²) in [6, 6.07) is 11.6. The van der Waals surface area contributed by atoms with Gasteiger partial charge in [-0.2, -0.15) is 0 Å². The van der Waals surface area contributed by atoms with Crippen LogP contribution in [0.5, 0.6) is 0 Å². The number of anilines is 1. The van der Waals surface area contributed by atoms with Crippen molar-refractivity contribution in [3.63, 3.8) is 0 Å². The molecule has 1 aromatic heterocycles. The molecule has 114 valence electrons. The molecule has 0 aliphatic carbocycles. The normalized spacial score (nSPS) is 19.7. The summed E-state index contributed by atoms with van der Waals surface area (Å²) in [6.07, 6.45) is 8.52. The van der Waals surface area contributed by atoms with Gasteiger partial charge in [-0.1, -0.05) is 32.1 Å². The monoisotopic (exact) mass is 293 g/mol. The van der Waals surface area contributed by atoms with Crippen molar-refractivity contribution in [2.75, 3.05) is 11.9 Å². The molecule has 3 rings (SSSR count). The summed E-state index contributed by atoms with van der Waals surface area (Å²) in [6.45, 7) is 6.98. The number of hydrogen-bond donors (Lipinski definition) is 0. The predicted molar refractivity (Wildman–Crippen MR) is 93.9 cm³/mol. The molecule has 2 nitrogen and oxygen atoms in total. The third-order valence-corrected chi connectivity index (χ3v) is 5.19. The Morgan fingerprint density at radius 3 is 2.36 bits per heavy atom. The number of hydrogen-bond acceptors (Lipinski definition) is 1. The van der Waals surface area contributed by atoms with Crippen LogP contribution in [-0.4, -0.2) is 13.1 Å². The average Bonchev–Trinajstić information content (AvgIpc) is 2.68. The Morgan fingerprint density at radius 2 is 1.68 bits per heavy atom. The molecular formula is C20H25N2+. The first-order valence-corrected chi connectivity index (χ1v) is 7.90. The molecule has 0 fully saturated rings. The van der Waals surface area contributed by atoms with E-state index < -0.39 is 0 Å². The first-order chi connectivity index (χ1) is 10.4. The number of pyridine rings is 1. The fraction of sp³-hybridized carbons (Fsp3) is 0.350. The molecule has 1 aliphatic rings. The summed E-state index contributed by atoms with van der Waals surface area (Å²) in [5, 5.41) is 0. The van der Waals surface area contributed by atoms with E-state index in [1.54, 1.807) is 0 Å². The first kappa shape index (κ1) is 14.8. The molecule has 0 radical (unpaired) electrons. The van der Waals surface area contributed by atoms with Gasteiger partial charge in [-0.05, 0) is 35.7 Å². The fourth-order valence-corrected chi connectivity index (χ4v) is 3.21. The second-order valence-electron chi connectivity index (χ2n) is 6.92. The summed E-state index contributed by atoms with van der Waals surface area (Å²) in [5.74, 6) is 0. The van der Waals surface area contributed by atoms with Crippen molar-refractivity contribution in [3.8, 4) is 0 Å². The molecule has 0 amide bonds. The standard InChI is InChI=1S/C20H25N2/c1-15-20(2,3)18-14-17(8-9-19(18)22(15)5)7-6-16-10-12-21(4)13-11-16/h6-15H,1-5H3/q+1. The Hall–Kier alpha value is -2.09. The van der Waals surface area contributed by atoms with Crippen molar-refractivity contribution in [2.24, 2.45) is 7.05 Å². The largest absolute Gasteiger partial charge is 0.371 e. The van der Waals surface area contributed by atoms with Gasteiger partial charge < -0.3 is 4.90 Å². The molecule has 1 atom stereocenters. The maximum absolute atomic E-state index is 2.39. The number of benzene rings is 1. The molecule has 0 bridgehead atoms. The van der Waals surface area contributed by atoms with Crippen LogP contribution in [0.2, 0.25) is 0 Å². The minimum atomic E-state index is 0.189. The van der Waals surface area contributed by atoms with Gasteiger partial charge in [-0.3, -0.25) is 0 Å². The van der Waals surface area contributed by atoms with Gasteiger partial charge in [0.05, 0.1) is 0 Å². The molecule has 1 aromatic carbocycles. The molecule has 22 heavy (non-hydrogen) atoms. The Bertz CT molecular complexity index is 711. The molecule has 2 aromatic rings. The van der Waals surface area contributed by atoms with Crippen LogP contribution in [0.1, 0.15) is 37.5 Å². The zero-order valence-electron chi connectivity index (χ0n) is 14.2. The summed E-state index contributed by atoms with van der Waals surface area (Å²) in [5.41, 5.74) is 5.49. The number of rotatable bonds is 2. The summed E-state index contributed by atoms with van der Waals surface area (Å²) < 4.78 is 2.05. The first-order valence-electron chi connectivity index (χ1n) is 7.90. The van der Waals surface area contributed by atoms with Crippen molar-refractivity contribution in [2.45, 2.75) is 32.2 Å². The molecule has 0 N–H and O–H groups in total. The molecular weight excluding hydrogens is 268 g/mol. The van der Waals surface area contributed by atoms with Gasteiger partial charge in [0.15, 0.2) is 12.4 Å². The zero-order valence-corrected chi connectivity index (χ0v) is 14.2. The van der Waals surface area contributed by atoms with E-state index in [1.165, 1.54) is 22.4 Å². The lowest BCUT2D eigenvalue weighted by Gasteiger charge is -2.28. The highest BCUT2D eigenvalue weighted by Gasteiger charge is 2.39. The number of aryl methyl sites for hydroxylation is 1. The van der Waals surface area contributed by atoms with Gasteiger partial charge in [0, 0.05) is 36.3 Å². The maximum atomic E-state index is 2.39. The van der Waals surface area contributed by atoms with Crippen LogP contribution in [0.15, 0.2) is 42.7 Å². The van der Waals surface area contributed by atoms with Gasteiger partial charge >= 0.3 is 0 Å². The highest BCUT2D eigenvalue weighted by atomic mass is 15.2. The van der Waals surface area contributed by atoms with E-state index in [0.717, 1.165) is 0 Å². The summed E-state index contributed by atoms with van der Waals surface area (Å²) in [7, 11) is 4.23. The van der Waals surface area contributed by atoms with Crippen molar-refractivity contribution >= 4 is 17.8 Å². The Balaban J connectivity index is 1.92. The van der Waals surface area contributed by atoms with E-state index in [9.17, 15) is 0 Å². The SMILES string of the molecule is CC1N(C)c2ccc(/C=C/c3cc[n+](C)cc3)cc2C1(C)C. The van der Waals surface area contributed by atoms with Gasteiger partial charge in [0.2, 0.25) is 0 Å². The third-order valence-electron chi connectivity index (χ3n) is 5.19. The van der Waals surface area contributed by atoms with Crippen LogP contribution in [0.25, 0.3) is 12.2 Å². The van der Waals surface area contributed by atoms with E-state index in [2.05, 4.69) is 87.6 Å². The predicted octanol–water partition coefficient (Wildman–Crippen LogP) is 3.80. The maximum Gasteiger partial charge on any atom is 0.169 e. The smallest absolute Gasteiger partial charge is 0.169 e. The van der Waals surface area contributed by atoms with Crippen LogP contribution in [0.4, 0.5) is 5.69 Å². The molecule has 1 unspecified atom stereocenters. The van der Waals surface area contributed by atoms with Crippen LogP contribution in [-0.2, 0) is 12.5 Å². The summed E-state index contributed by atoms with van der Waals surface area (Å²) in [4.78, 5) is 2.39. The molecule has 2 heteroatoms. The van der Waals surface area contributed by atoms with E-state index >= 15 is 0 Å². The molecule has 0 spiro atoms. The van der Waals surface area contributed by atoms with E-state index in [1.807, 2.05) is 11.6 Å². The lowest BCUT2D eigenvalue weighted by molar-refractivity contribution is -0.671. The second-order valence-corrected chi connectivity index (χ2v) is 6.92. The Morgan fingerprint density at radius 1 is 1.05 bits per heavy atom. The van der Waals surface area contributed by atoms with Crippen molar-refractivity contribution in [3.05, 3.63) is 59.4 Å². The van der Waals surface area contributed by atoms with Gasteiger partial charge in [0.25, 0.3) is 0 Å². The van der Waals surface area contributed by atoms with E-state index in [0.29, 0.717) is 6.04 Å². The highest BCUT2D eigenvalue weighted by molar-refractivity contribution is 5.73. The zero-order chi connectivity index (χ0) is 15.9. The fourth-order valence-electron chi connectivity index (χ4n) is 3.21. The van der Waals surface area contributed by atoms with Crippen LogP contribution >= 0.6 is 0 Å². The second kappa shape index (κ2) is 5.28. The van der Waals surface area contributed by atoms with Crippen LogP contribution in [0, 0.1) is 0 Å². The molecule has 0 saturated heterocycles. The topological polar surface area (TPSA) is 7.12 Å².